The molecule has 0 aliphatic carbocycles. The molecule has 0 radical (unpaired) electrons. The van der Waals surface area contributed by atoms with E-state index in [0.29, 0.717) is 95.0 Å². The predicted molar refractivity (Wildman–Crippen MR) is 354 cm³/mol. The molecule has 12 N–H and O–H groups in total. The summed E-state index contributed by atoms with van der Waals surface area (Å²) in [5.41, 5.74) is 12.7. The van der Waals surface area contributed by atoms with Crippen LogP contribution in [0, 0.1) is 23.2 Å². The molecule has 0 fully saturated rings. The highest BCUT2D eigenvalue weighted by Gasteiger charge is 2.35. The van der Waals surface area contributed by atoms with Crippen LogP contribution in [0.15, 0.2) is 36.5 Å². The van der Waals surface area contributed by atoms with Crippen LogP contribution in [-0.4, -0.2) is 166 Å². The first-order chi connectivity index (χ1) is 44.0. The number of amides is 3. The molecule has 0 aromatic heterocycles. The van der Waals surface area contributed by atoms with Crippen molar-refractivity contribution in [3.63, 3.8) is 0 Å². The van der Waals surface area contributed by atoms with Crippen molar-refractivity contribution in [3.05, 3.63) is 42.1 Å². The Balaban J connectivity index is 2.29. The number of carboxylic acids is 1. The molecule has 526 valence electrons. The third kappa shape index (κ3) is 47.2. The van der Waals surface area contributed by atoms with Crippen LogP contribution in [0.5, 0.6) is 5.75 Å². The highest BCUT2D eigenvalue weighted by molar-refractivity contribution is 7.85. The van der Waals surface area contributed by atoms with Gasteiger partial charge in [-0.25, -0.2) is 4.79 Å². The van der Waals surface area contributed by atoms with Crippen LogP contribution in [0.2, 0.25) is 0 Å². The number of benzene rings is 1. The van der Waals surface area contributed by atoms with Crippen molar-refractivity contribution in [2.24, 2.45) is 29.2 Å². The van der Waals surface area contributed by atoms with E-state index in [1.165, 1.54) is 37.8 Å². The molecule has 3 amide bonds. The maximum Gasteiger partial charge on any atom is 0.326 e. The maximum absolute atomic E-state index is 14.3. The molecule has 0 heterocycles. The van der Waals surface area contributed by atoms with Gasteiger partial charge in [0.2, 0.25) is 17.7 Å². The third-order valence-electron chi connectivity index (χ3n) is 15.9. The van der Waals surface area contributed by atoms with Gasteiger partial charge in [-0.3, -0.25) is 43.5 Å². The fraction of sp³-hybridized carbons (Fsp3) is 0.746. The van der Waals surface area contributed by atoms with Crippen molar-refractivity contribution < 1.29 is 80.5 Å². The zero-order chi connectivity index (χ0) is 68.2. The Morgan fingerprint density at radius 3 is 1.76 bits per heavy atom. The minimum Gasteiger partial charge on any atom is -0.508 e. The van der Waals surface area contributed by atoms with Crippen molar-refractivity contribution >= 4 is 62.8 Å². The molecule has 0 spiro atoms. The molecule has 1 aromatic rings. The monoisotopic (exact) mass is 1320 g/mol. The van der Waals surface area contributed by atoms with E-state index >= 15 is 0 Å². The van der Waals surface area contributed by atoms with Crippen LogP contribution < -0.4 is 32.7 Å². The topological polar surface area (TPSA) is 392 Å². The molecule has 24 nitrogen and oxygen atoms in total. The lowest BCUT2D eigenvalue weighted by atomic mass is 9.77. The summed E-state index contributed by atoms with van der Waals surface area (Å²) >= 11 is 0. The second-order valence-corrected chi connectivity index (χ2v) is 25.7. The van der Waals surface area contributed by atoms with Gasteiger partial charge in [-0.1, -0.05) is 122 Å². The van der Waals surface area contributed by atoms with E-state index in [9.17, 15) is 57.0 Å². The average Bonchev–Trinajstić information content (AvgIpc) is 0.922. The minimum atomic E-state index is -3.85. The zero-order valence-electron chi connectivity index (χ0n) is 55.4. The number of Topliss-reactive ketones (excluding diaryl/α,β-unsaturated/α-hetero) is 4. The van der Waals surface area contributed by atoms with Gasteiger partial charge in [-0.15, -0.1) is 0 Å². The highest BCUT2D eigenvalue weighted by atomic mass is 32.2. The number of aromatic hydroxyl groups is 1. The first kappa shape index (κ1) is 84.3. The molecule has 92 heavy (non-hydrogen) atoms. The Labute approximate surface area is 548 Å². The Kier molecular flexibility index (Phi) is 49.2. The molecule has 1 rings (SSSR count). The molecule has 0 aliphatic rings. The van der Waals surface area contributed by atoms with E-state index in [0.717, 1.165) is 70.6 Å². The van der Waals surface area contributed by atoms with Gasteiger partial charge in [0.05, 0.1) is 57.2 Å². The second-order valence-electron chi connectivity index (χ2n) is 24.1. The number of primary amides is 1. The van der Waals surface area contributed by atoms with Crippen molar-refractivity contribution in [1.82, 2.24) is 21.3 Å². The highest BCUT2D eigenvalue weighted by Crippen LogP contribution is 2.28. The normalized spacial score (nSPS) is 13.1. The minimum absolute atomic E-state index is 0.0119. The lowest BCUT2D eigenvalue weighted by Crippen LogP contribution is -2.45. The number of carboxylic acid groups (broad SMARTS) is 1. The number of phenols is 1. The summed E-state index contributed by atoms with van der Waals surface area (Å²) in [6.45, 7) is 9.26. The summed E-state index contributed by atoms with van der Waals surface area (Å²) < 4.78 is 52.2. The molecule has 5 atom stereocenters. The number of unbranched alkanes of at least 4 members (excludes halogenated alkanes) is 16. The number of nitrogens with one attached hydrogen (secondary N) is 5. The van der Waals surface area contributed by atoms with Crippen LogP contribution in [0.25, 0.3) is 0 Å². The van der Waals surface area contributed by atoms with Crippen molar-refractivity contribution in [2.45, 2.75) is 225 Å². The number of aliphatic carboxylic acids is 1. The summed E-state index contributed by atoms with van der Waals surface area (Å²) in [7, 11) is -3.85. The van der Waals surface area contributed by atoms with Crippen LogP contribution in [-0.2, 0) is 73.8 Å². The molecular formula is C67H115N7O17S. The van der Waals surface area contributed by atoms with Gasteiger partial charge >= 0.3 is 5.97 Å². The number of ether oxygens (including phenoxy) is 4. The number of phenolic OH excluding ortho intramolecular Hbond substituents is 1. The summed E-state index contributed by atoms with van der Waals surface area (Å²) in [5, 5.41) is 38.7. The number of carbonyl (C=O) groups is 8. The SMILES string of the molecule is C=C(CCCCCCCCCCCCCCCS(=O)(=O)O)N[C@@H](CCC(=O)NCCOCCOCC(=O)CCCOCCOCC(=O)NCCCC[C@H](NCC(=O)CCCCC)C(=O)C(C)[C@@H](CCCCC(=N)N)C(=O)C[C@@H](Cc1ccc(O)cc1)C(N)=O)C(=O)O. The number of hydrogen-bond acceptors (Lipinski definition) is 18. The molecule has 0 aliphatic heterocycles. The number of rotatable bonds is 65. The van der Waals surface area contributed by atoms with E-state index in [4.69, 9.17) is 40.4 Å². The number of carbonyl (C=O) groups excluding carboxylic acids is 7. The quantitative estimate of drug-likeness (QED) is 0.0128. The van der Waals surface area contributed by atoms with Crippen LogP contribution >= 0.6 is 0 Å². The number of amidine groups is 1. The van der Waals surface area contributed by atoms with Gasteiger partial charge in [0.15, 0.2) is 11.6 Å². The lowest BCUT2D eigenvalue weighted by molar-refractivity contribution is -0.139. The zero-order valence-corrected chi connectivity index (χ0v) is 56.2. The number of hydrogen-bond donors (Lipinski definition) is 10. The summed E-state index contributed by atoms with van der Waals surface area (Å²) in [5.74, 6) is -5.46. The first-order valence-corrected chi connectivity index (χ1v) is 35.3. The third-order valence-corrected chi connectivity index (χ3v) is 16.7. The van der Waals surface area contributed by atoms with Gasteiger partial charge in [-0.05, 0) is 94.7 Å². The molecule has 1 aromatic carbocycles. The van der Waals surface area contributed by atoms with Crippen molar-refractivity contribution in [1.29, 1.82) is 5.41 Å². The van der Waals surface area contributed by atoms with E-state index in [1.54, 1.807) is 19.1 Å². The predicted octanol–water partition coefficient (Wildman–Crippen LogP) is 7.93. The Bertz CT molecular complexity index is 2400. The number of allylic oxidation sites excluding steroid dienone is 1. The number of ketones is 4. The molecule has 0 saturated carbocycles. The molecule has 1 unspecified atom stereocenters. The molecule has 0 saturated heterocycles. The fourth-order valence-electron chi connectivity index (χ4n) is 10.5. The first-order valence-electron chi connectivity index (χ1n) is 33.7. The Morgan fingerprint density at radius 2 is 1.15 bits per heavy atom. The molecule has 0 bridgehead atoms. The van der Waals surface area contributed by atoms with Crippen molar-refractivity contribution in [3.8, 4) is 5.75 Å². The van der Waals surface area contributed by atoms with Gasteiger partial charge in [0.1, 0.15) is 36.6 Å². The lowest BCUT2D eigenvalue weighted by Gasteiger charge is -2.28. The maximum atomic E-state index is 14.3. The van der Waals surface area contributed by atoms with E-state index < -0.39 is 51.8 Å². The second kappa shape index (κ2) is 53.6. The van der Waals surface area contributed by atoms with E-state index in [-0.39, 0.29) is 144 Å². The fourth-order valence-corrected chi connectivity index (χ4v) is 11.0. The summed E-state index contributed by atoms with van der Waals surface area (Å²) in [4.78, 5) is 103. The Hall–Kier alpha value is -5.70. The summed E-state index contributed by atoms with van der Waals surface area (Å²) in [6, 6.07) is 4.60. The van der Waals surface area contributed by atoms with Crippen LogP contribution in [0.1, 0.15) is 212 Å². The van der Waals surface area contributed by atoms with Crippen LogP contribution in [0.3, 0.4) is 0 Å². The molecule has 25 heteroatoms. The van der Waals surface area contributed by atoms with Gasteiger partial charge in [0.25, 0.3) is 10.1 Å². The van der Waals surface area contributed by atoms with Crippen molar-refractivity contribution in [2.75, 3.05) is 78.2 Å². The largest absolute Gasteiger partial charge is 0.508 e. The Morgan fingerprint density at radius 1 is 0.598 bits per heavy atom. The van der Waals surface area contributed by atoms with E-state index in [2.05, 4.69) is 27.8 Å². The standard InChI is InChI=1S/C67H115N7O17S/c1-4-5-17-26-56(76)48-73-59(65(81)52(3)58(28-19-20-30-62(68)69)61(78)47-54(66(70)82)46-53-31-33-55(75)34-32-53)29-21-22-37-71-64(80)50-91-44-41-88-39-24-27-57(77)49-90-43-42-89-40-38-72-63(79)36-35-60(67(83)84)74-51(2)25-18-15-13-11-9-7-6-8-10-12-14-16-23-45-92(85,86)87/h31-34,52,54,58-60,73-75H,2,4-30,35-50H2,1,3H3,(H3,68,69)(H2,70,82)(H,71,80)(H,72,79)(H,83,84)(H,85,86,87)/t52?,54-,58-,59+,60+/m1/s1. The van der Waals surface area contributed by atoms with Gasteiger partial charge < -0.3 is 61.9 Å². The van der Waals surface area contributed by atoms with E-state index in [1.807, 2.05) is 6.92 Å². The van der Waals surface area contributed by atoms with Crippen LogP contribution in [0.4, 0.5) is 0 Å². The van der Waals surface area contributed by atoms with Gasteiger partial charge in [-0.2, -0.15) is 8.42 Å². The van der Waals surface area contributed by atoms with Gasteiger partial charge in [0, 0.05) is 75.3 Å². The molecular weight excluding hydrogens is 1210 g/mol. The average molecular weight is 1320 g/mol. The summed E-state index contributed by atoms with van der Waals surface area (Å²) in [6.07, 6.45) is 20.9. The smallest absolute Gasteiger partial charge is 0.326 e. The number of nitrogens with two attached hydrogens (primary N) is 2.